The Morgan fingerprint density at radius 3 is 2.35 bits per heavy atom. The number of carbonyl (C=O) groups excluding carboxylic acids is 2. The van der Waals surface area contributed by atoms with Gasteiger partial charge in [0.25, 0.3) is 0 Å². The highest BCUT2D eigenvalue weighted by molar-refractivity contribution is 5.83. The van der Waals surface area contributed by atoms with E-state index in [1.807, 2.05) is 6.92 Å². The highest BCUT2D eigenvalue weighted by Crippen LogP contribution is 2.14. The fourth-order valence-electron chi connectivity index (χ4n) is 1.07. The number of carbonyl (C=O) groups is 2. The van der Waals surface area contributed by atoms with Crippen LogP contribution in [0.15, 0.2) is 12.3 Å². The molecule has 0 spiro atoms. The fourth-order valence-corrected chi connectivity index (χ4v) is 1.07. The van der Waals surface area contributed by atoms with E-state index in [1.54, 1.807) is 20.8 Å². The van der Waals surface area contributed by atoms with Gasteiger partial charge in [-0.15, -0.1) is 0 Å². The molecule has 0 aliphatic heterocycles. The lowest BCUT2D eigenvalue weighted by Crippen LogP contribution is -2.30. The predicted octanol–water partition coefficient (Wildman–Crippen LogP) is 1.37. The molecule has 2 N–H and O–H groups in total. The Labute approximate surface area is 102 Å². The van der Waals surface area contributed by atoms with Crippen LogP contribution in [0.4, 0.5) is 0 Å². The molecule has 0 aliphatic carbocycles. The number of esters is 1. The molecule has 0 aliphatic rings. The van der Waals surface area contributed by atoms with Crippen molar-refractivity contribution in [3.05, 3.63) is 12.3 Å². The van der Waals surface area contributed by atoms with Gasteiger partial charge in [-0.2, -0.15) is 0 Å². The van der Waals surface area contributed by atoms with Crippen molar-refractivity contribution in [2.24, 2.45) is 11.7 Å². The molecule has 1 amide bonds. The van der Waals surface area contributed by atoms with E-state index in [-0.39, 0.29) is 6.42 Å². The van der Waals surface area contributed by atoms with Crippen molar-refractivity contribution in [2.45, 2.75) is 39.7 Å². The minimum Gasteiger partial charge on any atom is -0.502 e. The zero-order valence-corrected chi connectivity index (χ0v) is 10.9. The van der Waals surface area contributed by atoms with Crippen molar-refractivity contribution in [2.75, 3.05) is 6.61 Å². The van der Waals surface area contributed by atoms with E-state index in [1.165, 1.54) is 12.3 Å². The van der Waals surface area contributed by atoms with Gasteiger partial charge in [0.2, 0.25) is 5.91 Å². The predicted molar refractivity (Wildman–Crippen MR) is 63.9 cm³/mol. The summed E-state index contributed by atoms with van der Waals surface area (Å²) >= 11 is 0. The molecule has 0 saturated heterocycles. The van der Waals surface area contributed by atoms with Gasteiger partial charge in [0.15, 0.2) is 0 Å². The van der Waals surface area contributed by atoms with Gasteiger partial charge in [-0.3, -0.25) is 9.59 Å². The molecule has 0 aromatic heterocycles. The quantitative estimate of drug-likeness (QED) is 0.564. The van der Waals surface area contributed by atoms with Gasteiger partial charge in [-0.25, -0.2) is 0 Å². The topological polar surface area (TPSA) is 78.6 Å². The van der Waals surface area contributed by atoms with Crippen LogP contribution in [0, 0.1) is 5.92 Å². The lowest BCUT2D eigenvalue weighted by Gasteiger charge is -2.22. The SMILES string of the molecule is CCOC=CC(CC(N)=O)C(=O)OC(C)(C)C. The van der Waals surface area contributed by atoms with E-state index in [4.69, 9.17) is 15.2 Å². The summed E-state index contributed by atoms with van der Waals surface area (Å²) in [6.07, 6.45) is 2.79. The Hall–Kier alpha value is -1.52. The summed E-state index contributed by atoms with van der Waals surface area (Å²) in [5.41, 5.74) is 4.49. The van der Waals surface area contributed by atoms with Crippen LogP contribution in [0.2, 0.25) is 0 Å². The molecule has 5 nitrogen and oxygen atoms in total. The Bertz CT molecular complexity index is 291. The summed E-state index contributed by atoms with van der Waals surface area (Å²) in [7, 11) is 0. The van der Waals surface area contributed by atoms with Gasteiger partial charge in [0, 0.05) is 6.42 Å². The molecular formula is C12H21NO4. The van der Waals surface area contributed by atoms with Gasteiger partial charge in [-0.05, 0) is 33.8 Å². The minimum absolute atomic E-state index is 0.0848. The van der Waals surface area contributed by atoms with Gasteiger partial charge in [0.1, 0.15) is 5.60 Å². The van der Waals surface area contributed by atoms with Crippen molar-refractivity contribution in [1.82, 2.24) is 0 Å². The van der Waals surface area contributed by atoms with Crippen LogP contribution < -0.4 is 5.73 Å². The van der Waals surface area contributed by atoms with Gasteiger partial charge in [0.05, 0.1) is 18.8 Å². The maximum atomic E-state index is 11.8. The van der Waals surface area contributed by atoms with Gasteiger partial charge >= 0.3 is 5.97 Å². The Morgan fingerprint density at radius 2 is 1.94 bits per heavy atom. The number of amides is 1. The smallest absolute Gasteiger partial charge is 0.313 e. The molecule has 0 aromatic carbocycles. The van der Waals surface area contributed by atoms with Crippen LogP contribution in [0.1, 0.15) is 34.1 Å². The highest BCUT2D eigenvalue weighted by Gasteiger charge is 2.24. The molecule has 17 heavy (non-hydrogen) atoms. The summed E-state index contributed by atoms with van der Waals surface area (Å²) in [4.78, 5) is 22.6. The van der Waals surface area contributed by atoms with Gasteiger partial charge < -0.3 is 15.2 Å². The van der Waals surface area contributed by atoms with Crippen molar-refractivity contribution in [3.8, 4) is 0 Å². The number of hydrogen-bond donors (Lipinski definition) is 1. The lowest BCUT2D eigenvalue weighted by molar-refractivity contribution is -0.159. The van der Waals surface area contributed by atoms with Crippen LogP contribution >= 0.6 is 0 Å². The average Bonchev–Trinajstić information content (AvgIpc) is 2.13. The van der Waals surface area contributed by atoms with Crippen LogP contribution in [0.3, 0.4) is 0 Å². The molecule has 1 atom stereocenters. The molecule has 0 fully saturated rings. The Balaban J connectivity index is 4.56. The van der Waals surface area contributed by atoms with E-state index in [0.29, 0.717) is 6.61 Å². The lowest BCUT2D eigenvalue weighted by atomic mass is 10.1. The summed E-state index contributed by atoms with van der Waals surface area (Å²) in [6, 6.07) is 0. The van der Waals surface area contributed by atoms with E-state index < -0.39 is 23.4 Å². The van der Waals surface area contributed by atoms with Crippen molar-refractivity contribution < 1.29 is 19.1 Å². The number of nitrogens with two attached hydrogens (primary N) is 1. The molecule has 0 saturated carbocycles. The normalized spacial score (nSPS) is 13.4. The van der Waals surface area contributed by atoms with E-state index in [9.17, 15) is 9.59 Å². The third-order valence-corrected chi connectivity index (χ3v) is 1.70. The number of rotatable bonds is 6. The van der Waals surface area contributed by atoms with Crippen molar-refractivity contribution in [1.29, 1.82) is 0 Å². The molecule has 0 heterocycles. The number of hydrogen-bond acceptors (Lipinski definition) is 4. The maximum Gasteiger partial charge on any atom is 0.313 e. The first-order valence-electron chi connectivity index (χ1n) is 5.55. The van der Waals surface area contributed by atoms with Crippen LogP contribution in [0.25, 0.3) is 0 Å². The van der Waals surface area contributed by atoms with Crippen LogP contribution in [-0.4, -0.2) is 24.1 Å². The second-order valence-electron chi connectivity index (χ2n) is 4.59. The third-order valence-electron chi connectivity index (χ3n) is 1.70. The Morgan fingerprint density at radius 1 is 1.35 bits per heavy atom. The highest BCUT2D eigenvalue weighted by atomic mass is 16.6. The summed E-state index contributed by atoms with van der Waals surface area (Å²) in [6.45, 7) is 7.60. The van der Waals surface area contributed by atoms with Crippen LogP contribution in [-0.2, 0) is 19.1 Å². The van der Waals surface area contributed by atoms with Crippen LogP contribution in [0.5, 0.6) is 0 Å². The van der Waals surface area contributed by atoms with Crippen molar-refractivity contribution >= 4 is 11.9 Å². The molecule has 0 rings (SSSR count). The second-order valence-corrected chi connectivity index (χ2v) is 4.59. The first kappa shape index (κ1) is 15.5. The fraction of sp³-hybridized carbons (Fsp3) is 0.667. The number of ether oxygens (including phenoxy) is 2. The van der Waals surface area contributed by atoms with E-state index in [2.05, 4.69) is 0 Å². The largest absolute Gasteiger partial charge is 0.502 e. The molecule has 0 bridgehead atoms. The summed E-state index contributed by atoms with van der Waals surface area (Å²) in [5.74, 6) is -1.73. The first-order valence-corrected chi connectivity index (χ1v) is 5.55. The molecule has 0 aromatic rings. The monoisotopic (exact) mass is 243 g/mol. The first-order chi connectivity index (χ1) is 7.76. The Kier molecular flexibility index (Phi) is 6.31. The number of primary amides is 1. The van der Waals surface area contributed by atoms with E-state index in [0.717, 1.165) is 0 Å². The zero-order chi connectivity index (χ0) is 13.5. The van der Waals surface area contributed by atoms with Gasteiger partial charge in [-0.1, -0.05) is 0 Å². The third kappa shape index (κ3) is 8.30. The second kappa shape index (κ2) is 6.93. The van der Waals surface area contributed by atoms with E-state index >= 15 is 0 Å². The average molecular weight is 243 g/mol. The minimum atomic E-state index is -0.696. The summed E-state index contributed by atoms with van der Waals surface area (Å²) < 4.78 is 10.2. The molecular weight excluding hydrogens is 222 g/mol. The summed E-state index contributed by atoms with van der Waals surface area (Å²) in [5, 5.41) is 0. The molecule has 1 unspecified atom stereocenters. The maximum absolute atomic E-state index is 11.8. The molecule has 0 radical (unpaired) electrons. The van der Waals surface area contributed by atoms with Crippen molar-refractivity contribution in [3.63, 3.8) is 0 Å². The zero-order valence-electron chi connectivity index (χ0n) is 10.9. The molecule has 98 valence electrons. The standard InChI is InChI=1S/C12H21NO4/c1-5-16-7-6-9(8-10(13)14)11(15)17-12(2,3)4/h6-7,9H,5,8H2,1-4H3,(H2,13,14). The molecule has 5 heteroatoms.